The van der Waals surface area contributed by atoms with E-state index in [1.165, 1.54) is 0 Å². The van der Waals surface area contributed by atoms with E-state index in [2.05, 4.69) is 6.07 Å². The largest absolute Gasteiger partial charge is 0.508 e. The second-order valence-corrected chi connectivity index (χ2v) is 3.76. The number of hydrogen-bond donors (Lipinski definition) is 2. The number of benzene rings is 2. The summed E-state index contributed by atoms with van der Waals surface area (Å²) in [4.78, 5) is 0. The van der Waals surface area contributed by atoms with Crippen molar-refractivity contribution in [2.24, 2.45) is 5.73 Å². The van der Waals surface area contributed by atoms with Crippen LogP contribution < -0.4 is 5.73 Å². The third-order valence-electron chi connectivity index (χ3n) is 2.59. The second-order valence-electron chi connectivity index (χ2n) is 3.76. The van der Waals surface area contributed by atoms with Crippen LogP contribution in [0.1, 0.15) is 18.0 Å². The first-order valence-electron chi connectivity index (χ1n) is 5.06. The average molecular weight is 249 g/mol. The van der Waals surface area contributed by atoms with E-state index < -0.39 is 0 Å². The van der Waals surface area contributed by atoms with Crippen molar-refractivity contribution in [2.45, 2.75) is 12.5 Å². The molecule has 0 saturated heterocycles. The summed E-state index contributed by atoms with van der Waals surface area (Å²) in [6.07, 6.45) is 0.309. The summed E-state index contributed by atoms with van der Waals surface area (Å²) >= 11 is 0. The van der Waals surface area contributed by atoms with Crippen molar-refractivity contribution >= 4 is 23.2 Å². The third kappa shape index (κ3) is 2.88. The summed E-state index contributed by atoms with van der Waals surface area (Å²) in [6.45, 7) is 0. The summed E-state index contributed by atoms with van der Waals surface area (Å²) in [7, 11) is 0. The Kier molecular flexibility index (Phi) is 4.33. The van der Waals surface area contributed by atoms with Gasteiger partial charge in [-0.1, -0.05) is 18.2 Å². The molecule has 88 valence electrons. The fourth-order valence-electron chi connectivity index (χ4n) is 1.70. The van der Waals surface area contributed by atoms with Crippen LogP contribution in [0.25, 0.3) is 10.8 Å². The quantitative estimate of drug-likeness (QED) is 0.859. The van der Waals surface area contributed by atoms with Gasteiger partial charge in [-0.05, 0) is 34.5 Å². The lowest BCUT2D eigenvalue weighted by Crippen LogP contribution is -2.08. The number of aromatic hydroxyl groups is 1. The van der Waals surface area contributed by atoms with Gasteiger partial charge < -0.3 is 10.8 Å². The summed E-state index contributed by atoms with van der Waals surface area (Å²) < 4.78 is 0. The summed E-state index contributed by atoms with van der Waals surface area (Å²) in [5.74, 6) is 0.251. The Morgan fingerprint density at radius 1 is 1.18 bits per heavy atom. The van der Waals surface area contributed by atoms with E-state index in [1.54, 1.807) is 12.1 Å². The summed E-state index contributed by atoms with van der Waals surface area (Å²) in [6, 6.07) is 12.7. The number of nitriles is 1. The molecular weight excluding hydrogens is 236 g/mol. The van der Waals surface area contributed by atoms with Gasteiger partial charge in [0.1, 0.15) is 5.75 Å². The van der Waals surface area contributed by atoms with E-state index in [9.17, 15) is 5.11 Å². The fraction of sp³-hybridized carbons (Fsp3) is 0.154. The van der Waals surface area contributed by atoms with Gasteiger partial charge in [0.25, 0.3) is 0 Å². The smallest absolute Gasteiger partial charge is 0.116 e. The highest BCUT2D eigenvalue weighted by molar-refractivity contribution is 5.85. The molecule has 0 heterocycles. The fourth-order valence-corrected chi connectivity index (χ4v) is 1.70. The minimum atomic E-state index is -0.247. The van der Waals surface area contributed by atoms with E-state index in [0.717, 1.165) is 16.3 Å². The molecule has 2 aromatic carbocycles. The minimum absolute atomic E-state index is 0. The Labute approximate surface area is 106 Å². The van der Waals surface area contributed by atoms with Gasteiger partial charge in [-0.2, -0.15) is 5.26 Å². The third-order valence-corrected chi connectivity index (χ3v) is 2.59. The van der Waals surface area contributed by atoms with Gasteiger partial charge >= 0.3 is 0 Å². The van der Waals surface area contributed by atoms with E-state index in [0.29, 0.717) is 6.42 Å². The molecule has 0 aliphatic carbocycles. The SMILES string of the molecule is Cl.N#CC[C@H](N)c1ccc2cc(O)ccc2c1. The predicted molar refractivity (Wildman–Crippen MR) is 70.0 cm³/mol. The molecule has 0 unspecified atom stereocenters. The topological polar surface area (TPSA) is 70.0 Å². The lowest BCUT2D eigenvalue weighted by atomic mass is 10.0. The molecule has 17 heavy (non-hydrogen) atoms. The van der Waals surface area contributed by atoms with Gasteiger partial charge in [0.2, 0.25) is 0 Å². The molecule has 0 amide bonds. The molecule has 0 spiro atoms. The molecule has 0 aliphatic rings. The zero-order valence-electron chi connectivity index (χ0n) is 9.13. The number of halogens is 1. The molecule has 0 aromatic heterocycles. The first-order chi connectivity index (χ1) is 7.70. The van der Waals surface area contributed by atoms with Crippen LogP contribution in [0.5, 0.6) is 5.75 Å². The van der Waals surface area contributed by atoms with Gasteiger partial charge in [0.15, 0.2) is 0 Å². The number of hydrogen-bond acceptors (Lipinski definition) is 3. The zero-order valence-corrected chi connectivity index (χ0v) is 9.95. The van der Waals surface area contributed by atoms with E-state index in [4.69, 9.17) is 11.0 Å². The first kappa shape index (κ1) is 13.3. The lowest BCUT2D eigenvalue weighted by Gasteiger charge is -2.09. The van der Waals surface area contributed by atoms with Crippen molar-refractivity contribution in [3.63, 3.8) is 0 Å². The Hall–Kier alpha value is -1.76. The second kappa shape index (κ2) is 5.53. The Morgan fingerprint density at radius 2 is 1.82 bits per heavy atom. The number of nitrogens with two attached hydrogens (primary N) is 1. The van der Waals surface area contributed by atoms with E-state index in [-0.39, 0.29) is 24.2 Å². The zero-order chi connectivity index (χ0) is 11.5. The standard InChI is InChI=1S/C13H12N2O.ClH/c14-6-5-13(15)11-2-1-10-8-12(16)4-3-9(10)7-11;/h1-4,7-8,13,16H,5,15H2;1H/t13-;/m0./s1. The van der Waals surface area contributed by atoms with Crippen LogP contribution in [0.4, 0.5) is 0 Å². The van der Waals surface area contributed by atoms with Crippen LogP contribution in [0, 0.1) is 11.3 Å². The van der Waals surface area contributed by atoms with Crippen LogP contribution >= 0.6 is 12.4 Å². The van der Waals surface area contributed by atoms with Crippen molar-refractivity contribution in [1.29, 1.82) is 5.26 Å². The monoisotopic (exact) mass is 248 g/mol. The van der Waals surface area contributed by atoms with Crippen LogP contribution in [0.15, 0.2) is 36.4 Å². The highest BCUT2D eigenvalue weighted by Crippen LogP contribution is 2.23. The average Bonchev–Trinajstić information content (AvgIpc) is 2.28. The van der Waals surface area contributed by atoms with Crippen molar-refractivity contribution in [1.82, 2.24) is 0 Å². The maximum atomic E-state index is 9.33. The molecule has 0 aliphatic heterocycles. The molecule has 0 bridgehead atoms. The van der Waals surface area contributed by atoms with Gasteiger partial charge in [-0.3, -0.25) is 0 Å². The Morgan fingerprint density at radius 3 is 2.53 bits per heavy atom. The van der Waals surface area contributed by atoms with Crippen LogP contribution in [0.3, 0.4) is 0 Å². The highest BCUT2D eigenvalue weighted by Gasteiger charge is 2.06. The molecule has 2 aromatic rings. The van der Waals surface area contributed by atoms with Crippen molar-refractivity contribution in [3.8, 4) is 11.8 Å². The number of phenols is 1. The molecule has 0 fully saturated rings. The molecule has 3 nitrogen and oxygen atoms in total. The number of rotatable bonds is 2. The molecule has 2 rings (SSSR count). The molecule has 4 heteroatoms. The Balaban J connectivity index is 0.00000144. The lowest BCUT2D eigenvalue weighted by molar-refractivity contribution is 0.476. The van der Waals surface area contributed by atoms with Gasteiger partial charge in [0.05, 0.1) is 12.5 Å². The van der Waals surface area contributed by atoms with Gasteiger partial charge in [-0.15, -0.1) is 12.4 Å². The molecule has 0 radical (unpaired) electrons. The highest BCUT2D eigenvalue weighted by atomic mass is 35.5. The van der Waals surface area contributed by atoms with Gasteiger partial charge in [-0.25, -0.2) is 0 Å². The summed E-state index contributed by atoms with van der Waals surface area (Å²) in [5, 5.41) is 19.9. The number of phenolic OH excluding ortho intramolecular Hbond substituents is 1. The van der Waals surface area contributed by atoms with Crippen LogP contribution in [-0.2, 0) is 0 Å². The molecule has 0 saturated carbocycles. The van der Waals surface area contributed by atoms with E-state index in [1.807, 2.05) is 24.3 Å². The predicted octanol–water partition coefficient (Wildman–Crippen LogP) is 2.88. The molecular formula is C13H13ClN2O. The van der Waals surface area contributed by atoms with Crippen molar-refractivity contribution in [2.75, 3.05) is 0 Å². The van der Waals surface area contributed by atoms with Crippen molar-refractivity contribution < 1.29 is 5.11 Å². The van der Waals surface area contributed by atoms with Crippen LogP contribution in [0.2, 0.25) is 0 Å². The van der Waals surface area contributed by atoms with Crippen LogP contribution in [-0.4, -0.2) is 5.11 Å². The molecule has 1 atom stereocenters. The summed E-state index contributed by atoms with van der Waals surface area (Å²) in [5.41, 5.74) is 6.80. The maximum absolute atomic E-state index is 9.33. The van der Waals surface area contributed by atoms with E-state index >= 15 is 0 Å². The minimum Gasteiger partial charge on any atom is -0.508 e. The Bertz CT molecular complexity index is 563. The van der Waals surface area contributed by atoms with Gasteiger partial charge in [0, 0.05) is 6.04 Å². The number of nitrogens with zero attached hydrogens (tertiary/aromatic N) is 1. The van der Waals surface area contributed by atoms with Crippen molar-refractivity contribution in [3.05, 3.63) is 42.0 Å². The number of fused-ring (bicyclic) bond motifs is 1. The maximum Gasteiger partial charge on any atom is 0.116 e. The first-order valence-corrected chi connectivity index (χ1v) is 5.06. The molecule has 3 N–H and O–H groups in total. The normalized spacial score (nSPS) is 11.5.